The molecule has 0 spiro atoms. The Bertz CT molecular complexity index is 1130. The number of fused-ring (bicyclic) bond motifs is 3. The SMILES string of the molecule is COc1ccc(NCCNCCCF)nc1[C@@H]1c2[nH]c3ccccc3c2C[C@@H](C)N1CC(F)(F)F. The topological polar surface area (TPSA) is 65.2 Å². The second kappa shape index (κ2) is 10.8. The van der Waals surface area contributed by atoms with E-state index in [2.05, 4.69) is 15.6 Å². The minimum Gasteiger partial charge on any atom is -0.495 e. The van der Waals surface area contributed by atoms with Crippen molar-refractivity contribution >= 4 is 16.7 Å². The van der Waals surface area contributed by atoms with Crippen molar-refractivity contribution in [2.24, 2.45) is 0 Å². The van der Waals surface area contributed by atoms with Gasteiger partial charge in [-0.05, 0) is 50.1 Å². The fourth-order valence-electron chi connectivity index (χ4n) is 4.78. The second-order valence-electron chi connectivity index (χ2n) is 8.81. The molecule has 1 aliphatic rings. The monoisotopic (exact) mass is 493 g/mol. The lowest BCUT2D eigenvalue weighted by Crippen LogP contribution is -2.47. The standard InChI is InChI=1S/C25H31F4N5O/c1-16-14-18-17-6-3-4-7-19(17)32-22(18)24(34(16)15-25(27,28)29)23-20(35-2)8-9-21(33-23)31-13-12-30-11-5-10-26/h3-4,6-9,16,24,30,32H,5,10-15H2,1-2H3,(H,31,33)/t16-,24+/m1/s1. The number of pyridine rings is 1. The van der Waals surface area contributed by atoms with Crippen LogP contribution >= 0.6 is 0 Å². The number of aromatic amines is 1. The smallest absolute Gasteiger partial charge is 0.401 e. The third-order valence-corrected chi connectivity index (χ3v) is 6.34. The van der Waals surface area contributed by atoms with Crippen molar-refractivity contribution in [3.05, 3.63) is 53.3 Å². The van der Waals surface area contributed by atoms with E-state index in [4.69, 9.17) is 9.72 Å². The lowest BCUT2D eigenvalue weighted by Gasteiger charge is -2.41. The average Bonchev–Trinajstić information content (AvgIpc) is 3.19. The minimum atomic E-state index is -4.37. The number of hydrogen-bond acceptors (Lipinski definition) is 5. The van der Waals surface area contributed by atoms with Gasteiger partial charge in [0.15, 0.2) is 0 Å². The first-order chi connectivity index (χ1) is 16.8. The van der Waals surface area contributed by atoms with E-state index in [-0.39, 0.29) is 12.7 Å². The molecule has 0 radical (unpaired) electrons. The van der Waals surface area contributed by atoms with E-state index < -0.39 is 18.8 Å². The Balaban J connectivity index is 1.72. The van der Waals surface area contributed by atoms with Gasteiger partial charge in [0, 0.05) is 35.7 Å². The Labute approximate surface area is 202 Å². The van der Waals surface area contributed by atoms with Gasteiger partial charge in [0.25, 0.3) is 0 Å². The summed E-state index contributed by atoms with van der Waals surface area (Å²) in [6.45, 7) is 2.12. The number of para-hydroxylation sites is 1. The molecule has 3 N–H and O–H groups in total. The Kier molecular flexibility index (Phi) is 7.81. The van der Waals surface area contributed by atoms with Gasteiger partial charge in [0.1, 0.15) is 17.3 Å². The number of hydrogen-bond donors (Lipinski definition) is 3. The Morgan fingerprint density at radius 3 is 2.69 bits per heavy atom. The van der Waals surface area contributed by atoms with Crippen LogP contribution in [0.1, 0.15) is 36.3 Å². The Hall–Kier alpha value is -2.85. The molecule has 1 aliphatic heterocycles. The summed E-state index contributed by atoms with van der Waals surface area (Å²) in [5.41, 5.74) is 3.03. The van der Waals surface area contributed by atoms with Gasteiger partial charge in [-0.3, -0.25) is 9.29 Å². The molecule has 190 valence electrons. The summed E-state index contributed by atoms with van der Waals surface area (Å²) in [6.07, 6.45) is -3.42. The lowest BCUT2D eigenvalue weighted by molar-refractivity contribution is -0.155. The van der Waals surface area contributed by atoms with Gasteiger partial charge in [-0.2, -0.15) is 13.2 Å². The number of aromatic nitrogens is 2. The lowest BCUT2D eigenvalue weighted by atomic mass is 9.90. The first kappa shape index (κ1) is 25.2. The highest BCUT2D eigenvalue weighted by Gasteiger charge is 2.43. The first-order valence-electron chi connectivity index (χ1n) is 11.8. The molecule has 2 atom stereocenters. The van der Waals surface area contributed by atoms with Gasteiger partial charge in [0.2, 0.25) is 0 Å². The molecule has 4 rings (SSSR count). The summed E-state index contributed by atoms with van der Waals surface area (Å²) in [7, 11) is 1.49. The third-order valence-electron chi connectivity index (χ3n) is 6.34. The van der Waals surface area contributed by atoms with Crippen LogP contribution in [0.5, 0.6) is 5.75 Å². The largest absolute Gasteiger partial charge is 0.495 e. The number of nitrogens with zero attached hydrogens (tertiary/aromatic N) is 2. The van der Waals surface area contributed by atoms with E-state index in [1.165, 1.54) is 12.0 Å². The van der Waals surface area contributed by atoms with Gasteiger partial charge >= 0.3 is 6.18 Å². The molecule has 10 heteroatoms. The van der Waals surface area contributed by atoms with Crippen molar-refractivity contribution in [1.82, 2.24) is 20.2 Å². The number of alkyl halides is 4. The highest BCUT2D eigenvalue weighted by molar-refractivity contribution is 5.85. The van der Waals surface area contributed by atoms with Crippen molar-refractivity contribution in [1.29, 1.82) is 0 Å². The van der Waals surface area contributed by atoms with Crippen LogP contribution in [-0.2, 0) is 6.42 Å². The summed E-state index contributed by atoms with van der Waals surface area (Å²) >= 11 is 0. The molecule has 3 aromatic rings. The maximum atomic E-state index is 13.7. The van der Waals surface area contributed by atoms with Crippen LogP contribution in [-0.4, -0.2) is 67.0 Å². The molecule has 0 saturated carbocycles. The van der Waals surface area contributed by atoms with Crippen LogP contribution in [0.4, 0.5) is 23.4 Å². The molecular weight excluding hydrogens is 462 g/mol. The fourth-order valence-corrected chi connectivity index (χ4v) is 4.78. The Morgan fingerprint density at radius 1 is 1.14 bits per heavy atom. The number of rotatable bonds is 10. The van der Waals surface area contributed by atoms with Gasteiger partial charge in [-0.15, -0.1) is 0 Å². The molecule has 0 fully saturated rings. The molecule has 35 heavy (non-hydrogen) atoms. The van der Waals surface area contributed by atoms with Crippen LogP contribution in [0.25, 0.3) is 10.9 Å². The molecule has 0 unspecified atom stereocenters. The number of ether oxygens (including phenoxy) is 1. The van der Waals surface area contributed by atoms with Crippen LogP contribution < -0.4 is 15.4 Å². The Morgan fingerprint density at radius 2 is 1.94 bits per heavy atom. The van der Waals surface area contributed by atoms with Crippen LogP contribution in [0.15, 0.2) is 36.4 Å². The van der Waals surface area contributed by atoms with Crippen molar-refractivity contribution in [3.63, 3.8) is 0 Å². The van der Waals surface area contributed by atoms with Crippen molar-refractivity contribution in [3.8, 4) is 5.75 Å². The van der Waals surface area contributed by atoms with Crippen LogP contribution in [0.3, 0.4) is 0 Å². The maximum Gasteiger partial charge on any atom is 0.401 e. The maximum absolute atomic E-state index is 13.7. The van der Waals surface area contributed by atoms with Crippen LogP contribution in [0.2, 0.25) is 0 Å². The number of nitrogens with one attached hydrogen (secondary N) is 3. The van der Waals surface area contributed by atoms with Gasteiger partial charge in [-0.1, -0.05) is 18.2 Å². The highest BCUT2D eigenvalue weighted by atomic mass is 19.4. The van der Waals surface area contributed by atoms with Gasteiger partial charge < -0.3 is 20.4 Å². The molecule has 3 heterocycles. The predicted octanol–water partition coefficient (Wildman–Crippen LogP) is 4.83. The first-order valence-corrected chi connectivity index (χ1v) is 11.8. The van der Waals surface area contributed by atoms with E-state index in [0.717, 1.165) is 16.5 Å². The van der Waals surface area contributed by atoms with Gasteiger partial charge in [-0.25, -0.2) is 4.98 Å². The molecule has 0 aliphatic carbocycles. The predicted molar refractivity (Wildman–Crippen MR) is 129 cm³/mol. The molecule has 2 aromatic heterocycles. The zero-order valence-corrected chi connectivity index (χ0v) is 19.9. The summed E-state index contributed by atoms with van der Waals surface area (Å²) in [4.78, 5) is 9.56. The molecular formula is C25H31F4N5O. The van der Waals surface area contributed by atoms with E-state index in [1.54, 1.807) is 12.1 Å². The van der Waals surface area contributed by atoms with E-state index in [0.29, 0.717) is 55.4 Å². The molecule has 6 nitrogen and oxygen atoms in total. The van der Waals surface area contributed by atoms with E-state index >= 15 is 0 Å². The normalized spacial score (nSPS) is 18.6. The van der Waals surface area contributed by atoms with Crippen LogP contribution in [0, 0.1) is 0 Å². The number of methoxy groups -OCH3 is 1. The highest BCUT2D eigenvalue weighted by Crippen LogP contribution is 2.44. The number of benzene rings is 1. The summed E-state index contributed by atoms with van der Waals surface area (Å²) in [5.74, 6) is 0.962. The quantitative estimate of drug-likeness (QED) is 0.279. The second-order valence-corrected chi connectivity index (χ2v) is 8.81. The van der Waals surface area contributed by atoms with E-state index in [9.17, 15) is 17.6 Å². The van der Waals surface area contributed by atoms with Gasteiger partial charge in [0.05, 0.1) is 26.4 Å². The number of halogens is 4. The minimum absolute atomic E-state index is 0.365. The average molecular weight is 494 g/mol. The number of H-pyrrole nitrogens is 1. The zero-order valence-electron chi connectivity index (χ0n) is 19.9. The van der Waals surface area contributed by atoms with E-state index in [1.807, 2.05) is 31.2 Å². The zero-order chi connectivity index (χ0) is 25.0. The molecule has 1 aromatic carbocycles. The fraction of sp³-hybridized carbons (Fsp3) is 0.480. The van der Waals surface area contributed by atoms with Crippen molar-refractivity contribution in [2.45, 2.75) is 38.0 Å². The van der Waals surface area contributed by atoms with Crippen molar-refractivity contribution < 1.29 is 22.3 Å². The van der Waals surface area contributed by atoms with Crippen molar-refractivity contribution in [2.75, 3.05) is 45.3 Å². The summed E-state index contributed by atoms with van der Waals surface area (Å²) in [6, 6.07) is 10.1. The summed E-state index contributed by atoms with van der Waals surface area (Å²) in [5, 5.41) is 7.35. The summed E-state index contributed by atoms with van der Waals surface area (Å²) < 4.78 is 58.9. The molecule has 0 saturated heterocycles. The molecule has 0 bridgehead atoms. The number of anilines is 1. The molecule has 0 amide bonds. The third kappa shape index (κ3) is 5.70.